The number of hydrogen-bond acceptors (Lipinski definition) is 7. The van der Waals surface area contributed by atoms with Gasteiger partial charge in [-0.15, -0.1) is 0 Å². The van der Waals surface area contributed by atoms with Crippen molar-refractivity contribution in [2.75, 3.05) is 43.2 Å². The Morgan fingerprint density at radius 2 is 1.88 bits per heavy atom. The molecule has 1 rings (SSSR count). The first-order chi connectivity index (χ1) is 8.06. The molecule has 0 spiro atoms. The van der Waals surface area contributed by atoms with Gasteiger partial charge in [-0.25, -0.2) is 0 Å². The fourth-order valence-corrected chi connectivity index (χ4v) is 1.11. The number of aromatic nitrogens is 3. The SMILES string of the molecule is CCC(O)CNc1nc(NC)nc(N(C)C)n1. The highest BCUT2D eigenvalue weighted by Gasteiger charge is 2.08. The minimum Gasteiger partial charge on any atom is -0.391 e. The molecule has 3 N–H and O–H groups in total. The lowest BCUT2D eigenvalue weighted by Crippen LogP contribution is -2.21. The average Bonchev–Trinajstić information content (AvgIpc) is 2.35. The van der Waals surface area contributed by atoms with E-state index in [4.69, 9.17) is 0 Å². The Morgan fingerprint density at radius 1 is 1.24 bits per heavy atom. The van der Waals surface area contributed by atoms with Gasteiger partial charge in [0.25, 0.3) is 0 Å². The van der Waals surface area contributed by atoms with Gasteiger partial charge in [-0.1, -0.05) is 6.92 Å². The van der Waals surface area contributed by atoms with Crippen LogP contribution in [0.1, 0.15) is 13.3 Å². The first-order valence-electron chi connectivity index (χ1n) is 5.60. The lowest BCUT2D eigenvalue weighted by atomic mass is 10.3. The van der Waals surface area contributed by atoms with Crippen LogP contribution in [0.5, 0.6) is 0 Å². The van der Waals surface area contributed by atoms with E-state index < -0.39 is 6.10 Å². The van der Waals surface area contributed by atoms with E-state index in [2.05, 4.69) is 25.6 Å². The Balaban J connectivity index is 2.80. The number of aliphatic hydroxyl groups is 1. The van der Waals surface area contributed by atoms with Gasteiger partial charge in [0.05, 0.1) is 6.10 Å². The maximum absolute atomic E-state index is 9.46. The fraction of sp³-hybridized carbons (Fsp3) is 0.700. The number of hydrogen-bond donors (Lipinski definition) is 3. The van der Waals surface area contributed by atoms with Gasteiger partial charge < -0.3 is 20.6 Å². The molecule has 0 fully saturated rings. The summed E-state index contributed by atoms with van der Waals surface area (Å²) in [5.41, 5.74) is 0. The Bertz CT molecular complexity index is 357. The molecule has 0 radical (unpaired) electrons. The number of nitrogens with one attached hydrogen (secondary N) is 2. The third kappa shape index (κ3) is 4.03. The van der Waals surface area contributed by atoms with E-state index in [1.807, 2.05) is 21.0 Å². The van der Waals surface area contributed by atoms with Crippen molar-refractivity contribution < 1.29 is 5.11 Å². The molecule has 0 amide bonds. The molecule has 96 valence electrons. The molecule has 0 saturated heterocycles. The molecule has 7 nitrogen and oxygen atoms in total. The third-order valence-corrected chi connectivity index (χ3v) is 2.21. The van der Waals surface area contributed by atoms with Crippen molar-refractivity contribution in [3.63, 3.8) is 0 Å². The highest BCUT2D eigenvalue weighted by molar-refractivity contribution is 5.42. The largest absolute Gasteiger partial charge is 0.391 e. The molecule has 1 aromatic rings. The monoisotopic (exact) mass is 240 g/mol. The number of rotatable bonds is 6. The highest BCUT2D eigenvalue weighted by Crippen LogP contribution is 2.10. The van der Waals surface area contributed by atoms with E-state index in [0.717, 1.165) is 0 Å². The van der Waals surface area contributed by atoms with Gasteiger partial charge in [-0.3, -0.25) is 0 Å². The molecule has 7 heteroatoms. The predicted octanol–water partition coefficient (Wildman–Crippen LogP) is 0.162. The zero-order valence-corrected chi connectivity index (χ0v) is 10.7. The second-order valence-electron chi connectivity index (χ2n) is 3.87. The Kier molecular flexibility index (Phi) is 4.89. The van der Waals surface area contributed by atoms with Crippen LogP contribution in [0.4, 0.5) is 17.8 Å². The third-order valence-electron chi connectivity index (χ3n) is 2.21. The van der Waals surface area contributed by atoms with Crippen LogP contribution in [-0.4, -0.2) is 53.9 Å². The molecule has 1 unspecified atom stereocenters. The maximum Gasteiger partial charge on any atom is 0.231 e. The van der Waals surface area contributed by atoms with Gasteiger partial charge in [0.15, 0.2) is 0 Å². The number of nitrogens with zero attached hydrogens (tertiary/aromatic N) is 4. The molecule has 1 aromatic heterocycles. The fourth-order valence-electron chi connectivity index (χ4n) is 1.11. The second-order valence-corrected chi connectivity index (χ2v) is 3.87. The summed E-state index contributed by atoms with van der Waals surface area (Å²) < 4.78 is 0. The van der Waals surface area contributed by atoms with E-state index in [9.17, 15) is 5.11 Å². The Hall–Kier alpha value is -1.63. The minimum atomic E-state index is -0.396. The van der Waals surface area contributed by atoms with Crippen LogP contribution in [-0.2, 0) is 0 Å². The van der Waals surface area contributed by atoms with Gasteiger partial charge in [0.1, 0.15) is 0 Å². The molecule has 0 aliphatic carbocycles. The Morgan fingerprint density at radius 3 is 2.41 bits per heavy atom. The summed E-state index contributed by atoms with van der Waals surface area (Å²) in [6, 6.07) is 0. The van der Waals surface area contributed by atoms with Gasteiger partial charge >= 0.3 is 0 Å². The maximum atomic E-state index is 9.46. The zero-order chi connectivity index (χ0) is 12.8. The summed E-state index contributed by atoms with van der Waals surface area (Å²) in [7, 11) is 5.47. The van der Waals surface area contributed by atoms with Crippen LogP contribution in [0.15, 0.2) is 0 Å². The van der Waals surface area contributed by atoms with Crippen molar-refractivity contribution in [3.05, 3.63) is 0 Å². The molecule has 0 aromatic carbocycles. The number of anilines is 3. The van der Waals surface area contributed by atoms with Crippen LogP contribution in [0.25, 0.3) is 0 Å². The molecule has 0 saturated carbocycles. The topological polar surface area (TPSA) is 86.2 Å². The van der Waals surface area contributed by atoms with E-state index in [-0.39, 0.29) is 0 Å². The molecule has 0 aliphatic heterocycles. The quantitative estimate of drug-likeness (QED) is 0.653. The minimum absolute atomic E-state index is 0.396. The van der Waals surface area contributed by atoms with E-state index in [1.54, 1.807) is 11.9 Å². The molecule has 1 heterocycles. The van der Waals surface area contributed by atoms with Crippen LogP contribution in [0.3, 0.4) is 0 Å². The molecular weight excluding hydrogens is 220 g/mol. The highest BCUT2D eigenvalue weighted by atomic mass is 16.3. The van der Waals surface area contributed by atoms with E-state index in [0.29, 0.717) is 30.8 Å². The summed E-state index contributed by atoms with van der Waals surface area (Å²) in [6.07, 6.45) is 0.296. The summed E-state index contributed by atoms with van der Waals surface area (Å²) in [5.74, 6) is 1.52. The van der Waals surface area contributed by atoms with E-state index in [1.165, 1.54) is 0 Å². The van der Waals surface area contributed by atoms with Gasteiger partial charge in [-0.2, -0.15) is 15.0 Å². The van der Waals surface area contributed by atoms with Crippen molar-refractivity contribution in [1.82, 2.24) is 15.0 Å². The summed E-state index contributed by atoms with van der Waals surface area (Å²) in [6.45, 7) is 2.35. The van der Waals surface area contributed by atoms with Crippen LogP contribution < -0.4 is 15.5 Å². The van der Waals surface area contributed by atoms with Gasteiger partial charge in [0.2, 0.25) is 17.8 Å². The first-order valence-corrected chi connectivity index (χ1v) is 5.60. The van der Waals surface area contributed by atoms with Crippen molar-refractivity contribution >= 4 is 17.8 Å². The smallest absolute Gasteiger partial charge is 0.231 e. The summed E-state index contributed by atoms with van der Waals surface area (Å²) in [4.78, 5) is 14.4. The lowest BCUT2D eigenvalue weighted by Gasteiger charge is -2.14. The van der Waals surface area contributed by atoms with Crippen molar-refractivity contribution in [3.8, 4) is 0 Å². The normalized spacial score (nSPS) is 12.1. The van der Waals surface area contributed by atoms with Gasteiger partial charge in [0, 0.05) is 27.7 Å². The lowest BCUT2D eigenvalue weighted by molar-refractivity contribution is 0.183. The van der Waals surface area contributed by atoms with Crippen LogP contribution in [0.2, 0.25) is 0 Å². The van der Waals surface area contributed by atoms with Crippen molar-refractivity contribution in [1.29, 1.82) is 0 Å². The summed E-state index contributed by atoms with van der Waals surface area (Å²) in [5, 5.41) is 15.3. The molecular formula is C10H20N6O. The average molecular weight is 240 g/mol. The van der Waals surface area contributed by atoms with Crippen LogP contribution >= 0.6 is 0 Å². The number of aliphatic hydroxyl groups excluding tert-OH is 1. The standard InChI is InChI=1S/C10H20N6O/c1-5-7(17)6-12-9-13-8(11-2)14-10(15-9)16(3)4/h7,17H,5-6H2,1-4H3,(H2,11,12,13,14,15). The zero-order valence-electron chi connectivity index (χ0n) is 10.7. The molecule has 0 bridgehead atoms. The predicted molar refractivity (Wildman–Crippen MR) is 68.5 cm³/mol. The molecule has 0 aliphatic rings. The van der Waals surface area contributed by atoms with Crippen LogP contribution in [0, 0.1) is 0 Å². The van der Waals surface area contributed by atoms with E-state index >= 15 is 0 Å². The second kappa shape index (κ2) is 6.19. The van der Waals surface area contributed by atoms with Crippen molar-refractivity contribution in [2.24, 2.45) is 0 Å². The molecule has 1 atom stereocenters. The van der Waals surface area contributed by atoms with Crippen molar-refractivity contribution in [2.45, 2.75) is 19.4 Å². The molecule has 17 heavy (non-hydrogen) atoms. The van der Waals surface area contributed by atoms with Gasteiger partial charge in [-0.05, 0) is 6.42 Å². The summed E-state index contributed by atoms with van der Waals surface area (Å²) >= 11 is 0. The first kappa shape index (κ1) is 13.4. The Labute approximate surface area is 101 Å².